The highest BCUT2D eigenvalue weighted by atomic mass is 15.4. The minimum atomic E-state index is 0.175. The number of benzene rings is 1. The molecular formula is C12H17N5. The van der Waals surface area contributed by atoms with Gasteiger partial charge in [0.15, 0.2) is 0 Å². The largest absolute Gasteiger partial charge is 0.271 e. The average molecular weight is 231 g/mol. The van der Waals surface area contributed by atoms with Gasteiger partial charge in [-0.3, -0.25) is 16.0 Å². The number of rotatable bonds is 5. The summed E-state index contributed by atoms with van der Waals surface area (Å²) < 4.78 is 1.70. The van der Waals surface area contributed by atoms with Crippen molar-refractivity contribution in [1.82, 2.24) is 20.4 Å². The van der Waals surface area contributed by atoms with Crippen LogP contribution in [0.5, 0.6) is 0 Å². The van der Waals surface area contributed by atoms with Crippen molar-refractivity contribution in [2.45, 2.75) is 18.9 Å². The molecule has 17 heavy (non-hydrogen) atoms. The van der Waals surface area contributed by atoms with Crippen molar-refractivity contribution in [3.8, 4) is 0 Å². The van der Waals surface area contributed by atoms with Crippen LogP contribution in [0.15, 0.2) is 36.5 Å². The van der Waals surface area contributed by atoms with E-state index in [0.29, 0.717) is 0 Å². The lowest BCUT2D eigenvalue weighted by Gasteiger charge is -2.14. The first-order valence-corrected chi connectivity index (χ1v) is 5.63. The zero-order valence-electron chi connectivity index (χ0n) is 9.87. The Morgan fingerprint density at radius 2 is 2.06 bits per heavy atom. The molecule has 0 fully saturated rings. The van der Waals surface area contributed by atoms with Gasteiger partial charge in [0.05, 0.1) is 5.69 Å². The molecule has 5 heteroatoms. The fourth-order valence-corrected chi connectivity index (χ4v) is 1.83. The molecular weight excluding hydrogens is 214 g/mol. The lowest BCUT2D eigenvalue weighted by molar-refractivity contribution is 0.517. The Morgan fingerprint density at radius 1 is 1.29 bits per heavy atom. The molecule has 1 unspecified atom stereocenters. The molecule has 0 aliphatic heterocycles. The Kier molecular flexibility index (Phi) is 3.85. The highest BCUT2D eigenvalue weighted by Gasteiger charge is 2.10. The molecule has 0 saturated carbocycles. The molecule has 3 N–H and O–H groups in total. The molecule has 0 amide bonds. The van der Waals surface area contributed by atoms with Crippen molar-refractivity contribution in [3.63, 3.8) is 0 Å². The topological polar surface area (TPSA) is 68.8 Å². The number of nitrogens with one attached hydrogen (secondary N) is 1. The Morgan fingerprint density at radius 3 is 2.65 bits per heavy atom. The molecule has 90 valence electrons. The van der Waals surface area contributed by atoms with E-state index in [4.69, 9.17) is 5.84 Å². The van der Waals surface area contributed by atoms with Gasteiger partial charge in [0.25, 0.3) is 0 Å². The van der Waals surface area contributed by atoms with Gasteiger partial charge in [0, 0.05) is 25.7 Å². The van der Waals surface area contributed by atoms with E-state index < -0.39 is 0 Å². The smallest absolute Gasteiger partial charge is 0.0843 e. The molecule has 1 aromatic carbocycles. The predicted octanol–water partition coefficient (Wildman–Crippen LogP) is 0.432. The molecule has 5 nitrogen and oxygen atoms in total. The number of hydrogen-bond acceptors (Lipinski definition) is 4. The van der Waals surface area contributed by atoms with Gasteiger partial charge in [0.2, 0.25) is 0 Å². The van der Waals surface area contributed by atoms with Crippen molar-refractivity contribution in [2.24, 2.45) is 12.9 Å². The summed E-state index contributed by atoms with van der Waals surface area (Å²) in [7, 11) is 1.86. The van der Waals surface area contributed by atoms with Gasteiger partial charge >= 0.3 is 0 Å². The number of nitrogens with two attached hydrogens (primary N) is 1. The summed E-state index contributed by atoms with van der Waals surface area (Å²) in [6.45, 7) is 0. The summed E-state index contributed by atoms with van der Waals surface area (Å²) >= 11 is 0. The molecule has 1 aromatic heterocycles. The Bertz CT molecular complexity index is 451. The van der Waals surface area contributed by atoms with Gasteiger partial charge in [0.1, 0.15) is 0 Å². The number of hydrazine groups is 1. The fraction of sp³-hybridized carbons (Fsp3) is 0.333. The maximum Gasteiger partial charge on any atom is 0.0843 e. The monoisotopic (exact) mass is 231 g/mol. The highest BCUT2D eigenvalue weighted by Crippen LogP contribution is 2.06. The number of nitrogens with zero attached hydrogens (tertiary/aromatic N) is 3. The number of hydrogen-bond donors (Lipinski definition) is 2. The van der Waals surface area contributed by atoms with E-state index in [0.717, 1.165) is 18.5 Å². The third-order valence-corrected chi connectivity index (χ3v) is 2.67. The van der Waals surface area contributed by atoms with Crippen molar-refractivity contribution >= 4 is 0 Å². The number of aryl methyl sites for hydroxylation is 1. The first-order chi connectivity index (χ1) is 8.28. The minimum Gasteiger partial charge on any atom is -0.271 e. The number of aromatic nitrogens is 3. The van der Waals surface area contributed by atoms with E-state index in [1.807, 2.05) is 31.4 Å². The van der Waals surface area contributed by atoms with Crippen LogP contribution < -0.4 is 11.3 Å². The third-order valence-electron chi connectivity index (χ3n) is 2.67. The van der Waals surface area contributed by atoms with E-state index >= 15 is 0 Å². The van der Waals surface area contributed by atoms with Crippen LogP contribution in [0.25, 0.3) is 0 Å². The predicted molar refractivity (Wildman–Crippen MR) is 66.0 cm³/mol. The van der Waals surface area contributed by atoms with Crippen LogP contribution in [0.2, 0.25) is 0 Å². The lowest BCUT2D eigenvalue weighted by Crippen LogP contribution is -2.38. The first-order valence-electron chi connectivity index (χ1n) is 5.63. The molecule has 2 aromatic rings. The fourth-order valence-electron chi connectivity index (χ4n) is 1.83. The van der Waals surface area contributed by atoms with Crippen molar-refractivity contribution < 1.29 is 0 Å². The van der Waals surface area contributed by atoms with E-state index in [1.54, 1.807) is 4.68 Å². The van der Waals surface area contributed by atoms with E-state index in [2.05, 4.69) is 27.9 Å². The first kappa shape index (κ1) is 11.8. The van der Waals surface area contributed by atoms with Crippen LogP contribution >= 0.6 is 0 Å². The summed E-state index contributed by atoms with van der Waals surface area (Å²) in [6.07, 6.45) is 3.57. The summed E-state index contributed by atoms with van der Waals surface area (Å²) in [6, 6.07) is 10.4. The van der Waals surface area contributed by atoms with Gasteiger partial charge in [-0.15, -0.1) is 5.10 Å². The average Bonchev–Trinajstić information content (AvgIpc) is 2.75. The summed E-state index contributed by atoms with van der Waals surface area (Å²) in [5.41, 5.74) is 5.04. The second kappa shape index (κ2) is 5.56. The lowest BCUT2D eigenvalue weighted by atomic mass is 10.0. The molecule has 0 spiro atoms. The zero-order chi connectivity index (χ0) is 12.1. The zero-order valence-corrected chi connectivity index (χ0v) is 9.87. The Labute approximate surface area is 101 Å². The van der Waals surface area contributed by atoms with Crippen LogP contribution in [0, 0.1) is 0 Å². The summed E-state index contributed by atoms with van der Waals surface area (Å²) in [5.74, 6) is 5.57. The maximum atomic E-state index is 5.57. The van der Waals surface area contributed by atoms with Crippen molar-refractivity contribution in [3.05, 3.63) is 47.8 Å². The van der Waals surface area contributed by atoms with Crippen LogP contribution in [0.4, 0.5) is 0 Å². The molecule has 2 rings (SSSR count). The molecule has 0 aliphatic rings. The van der Waals surface area contributed by atoms with Crippen LogP contribution in [-0.4, -0.2) is 21.0 Å². The summed E-state index contributed by atoms with van der Waals surface area (Å²) in [5, 5.41) is 7.97. The normalized spacial score (nSPS) is 12.6. The van der Waals surface area contributed by atoms with Gasteiger partial charge in [-0.1, -0.05) is 35.5 Å². The van der Waals surface area contributed by atoms with Gasteiger partial charge in [-0.25, -0.2) is 0 Å². The molecule has 0 aliphatic carbocycles. The quantitative estimate of drug-likeness (QED) is 0.578. The molecule has 0 saturated heterocycles. The highest BCUT2D eigenvalue weighted by molar-refractivity contribution is 5.16. The van der Waals surface area contributed by atoms with Crippen molar-refractivity contribution in [2.75, 3.05) is 0 Å². The standard InChI is InChI=1S/C12H17N5/c1-17-9-12(15-16-17)8-11(14-13)7-10-5-3-2-4-6-10/h2-6,9,11,14H,7-8,13H2,1H3. The third kappa shape index (κ3) is 3.37. The van der Waals surface area contributed by atoms with Gasteiger partial charge in [-0.05, 0) is 12.0 Å². The molecule has 1 atom stereocenters. The minimum absolute atomic E-state index is 0.175. The van der Waals surface area contributed by atoms with Crippen LogP contribution in [0.1, 0.15) is 11.3 Å². The van der Waals surface area contributed by atoms with Crippen LogP contribution in [-0.2, 0) is 19.9 Å². The Balaban J connectivity index is 1.98. The molecule has 1 heterocycles. The maximum absolute atomic E-state index is 5.57. The van der Waals surface area contributed by atoms with Crippen LogP contribution in [0.3, 0.4) is 0 Å². The second-order valence-electron chi connectivity index (χ2n) is 4.14. The Hall–Kier alpha value is -1.72. The van der Waals surface area contributed by atoms with Gasteiger partial charge < -0.3 is 0 Å². The summed E-state index contributed by atoms with van der Waals surface area (Å²) in [4.78, 5) is 0. The van der Waals surface area contributed by atoms with E-state index in [-0.39, 0.29) is 6.04 Å². The SMILES string of the molecule is Cn1cc(CC(Cc2ccccc2)NN)nn1. The second-order valence-corrected chi connectivity index (χ2v) is 4.14. The van der Waals surface area contributed by atoms with E-state index in [1.165, 1.54) is 5.56 Å². The molecule has 0 bridgehead atoms. The van der Waals surface area contributed by atoms with E-state index in [9.17, 15) is 0 Å². The van der Waals surface area contributed by atoms with Gasteiger partial charge in [-0.2, -0.15) is 0 Å². The molecule has 0 radical (unpaired) electrons. The van der Waals surface area contributed by atoms with Crippen molar-refractivity contribution in [1.29, 1.82) is 0 Å².